The maximum Gasteiger partial charge on any atom is 0.229 e. The summed E-state index contributed by atoms with van der Waals surface area (Å²) in [6.07, 6.45) is 6.93. The summed E-state index contributed by atoms with van der Waals surface area (Å²) >= 11 is 0. The molecular formula is C19H19N5O. The predicted octanol–water partition coefficient (Wildman–Crippen LogP) is 2.26. The molecule has 2 aliphatic rings. The molecule has 1 amide bonds. The lowest BCUT2D eigenvalue weighted by atomic mass is 9.98. The maximum absolute atomic E-state index is 12.9. The summed E-state index contributed by atoms with van der Waals surface area (Å²) in [5, 5.41) is 4.60. The number of pyridine rings is 1. The smallest absolute Gasteiger partial charge is 0.229 e. The molecule has 126 valence electrons. The molecule has 3 aromatic heterocycles. The van der Waals surface area contributed by atoms with Crippen LogP contribution >= 0.6 is 0 Å². The maximum atomic E-state index is 12.9. The van der Waals surface area contributed by atoms with Crippen molar-refractivity contribution in [1.29, 1.82) is 0 Å². The molecule has 2 bridgehead atoms. The van der Waals surface area contributed by atoms with E-state index in [2.05, 4.69) is 20.0 Å². The number of amides is 1. The van der Waals surface area contributed by atoms with Crippen LogP contribution in [0.25, 0.3) is 5.65 Å². The topological polar surface area (TPSA) is 63.4 Å². The van der Waals surface area contributed by atoms with Crippen LogP contribution in [0.15, 0.2) is 36.7 Å². The molecule has 0 aliphatic carbocycles. The summed E-state index contributed by atoms with van der Waals surface area (Å²) in [6.45, 7) is 1.99. The van der Waals surface area contributed by atoms with E-state index in [1.54, 1.807) is 6.20 Å². The molecule has 0 radical (unpaired) electrons. The Kier molecular flexibility index (Phi) is 3.13. The highest BCUT2D eigenvalue weighted by molar-refractivity contribution is 5.80. The van der Waals surface area contributed by atoms with Crippen LogP contribution in [0.5, 0.6) is 0 Å². The van der Waals surface area contributed by atoms with Crippen molar-refractivity contribution in [2.24, 2.45) is 0 Å². The van der Waals surface area contributed by atoms with Crippen molar-refractivity contribution in [2.75, 3.05) is 0 Å². The molecule has 0 N–H and O–H groups in total. The van der Waals surface area contributed by atoms with Crippen LogP contribution in [-0.2, 0) is 17.6 Å². The molecule has 25 heavy (non-hydrogen) atoms. The van der Waals surface area contributed by atoms with Gasteiger partial charge >= 0.3 is 0 Å². The second kappa shape index (κ2) is 5.37. The Balaban J connectivity index is 1.51. The monoisotopic (exact) mass is 333 g/mol. The van der Waals surface area contributed by atoms with Gasteiger partial charge in [-0.05, 0) is 31.9 Å². The fraction of sp³-hybridized carbons (Fsp3) is 0.368. The molecule has 5 rings (SSSR count). The van der Waals surface area contributed by atoms with Gasteiger partial charge in [0.15, 0.2) is 5.65 Å². The van der Waals surface area contributed by atoms with Crippen LogP contribution in [0.1, 0.15) is 41.5 Å². The van der Waals surface area contributed by atoms with Gasteiger partial charge in [-0.1, -0.05) is 6.07 Å². The van der Waals surface area contributed by atoms with Gasteiger partial charge in [-0.2, -0.15) is 5.10 Å². The number of rotatable bonds is 2. The number of aryl methyl sites for hydroxylation is 1. The Bertz CT molecular complexity index is 965. The number of hydrogen-bond acceptors (Lipinski definition) is 4. The quantitative estimate of drug-likeness (QED) is 0.722. The molecule has 0 unspecified atom stereocenters. The van der Waals surface area contributed by atoms with Crippen LogP contribution in [0.4, 0.5) is 0 Å². The van der Waals surface area contributed by atoms with Crippen molar-refractivity contribution >= 4 is 11.6 Å². The second-order valence-corrected chi connectivity index (χ2v) is 6.97. The van der Waals surface area contributed by atoms with Gasteiger partial charge in [0, 0.05) is 42.2 Å². The van der Waals surface area contributed by atoms with E-state index in [0.29, 0.717) is 6.42 Å². The zero-order chi connectivity index (χ0) is 17.0. The Labute approximate surface area is 145 Å². The molecule has 5 heterocycles. The van der Waals surface area contributed by atoms with Crippen molar-refractivity contribution in [3.8, 4) is 0 Å². The van der Waals surface area contributed by atoms with Crippen LogP contribution in [0.2, 0.25) is 0 Å². The summed E-state index contributed by atoms with van der Waals surface area (Å²) in [4.78, 5) is 23.9. The first-order valence-electron chi connectivity index (χ1n) is 8.76. The van der Waals surface area contributed by atoms with E-state index >= 15 is 0 Å². The first-order valence-corrected chi connectivity index (χ1v) is 8.76. The normalized spacial score (nSPS) is 21.6. The first kappa shape index (κ1) is 14.6. The zero-order valence-electron chi connectivity index (χ0n) is 14.1. The Morgan fingerprint density at radius 2 is 2.20 bits per heavy atom. The average molecular weight is 333 g/mol. The molecule has 3 aromatic rings. The predicted molar refractivity (Wildman–Crippen MR) is 92.0 cm³/mol. The van der Waals surface area contributed by atoms with Crippen LogP contribution in [-0.4, -0.2) is 36.4 Å². The van der Waals surface area contributed by atoms with E-state index in [9.17, 15) is 4.79 Å². The largest absolute Gasteiger partial charge is 0.332 e. The van der Waals surface area contributed by atoms with Crippen molar-refractivity contribution in [3.63, 3.8) is 0 Å². The third kappa shape index (κ3) is 2.24. The number of nitrogens with zero attached hydrogens (tertiary/aromatic N) is 5. The molecule has 1 saturated heterocycles. The van der Waals surface area contributed by atoms with E-state index in [0.717, 1.165) is 41.9 Å². The fourth-order valence-electron chi connectivity index (χ4n) is 4.33. The summed E-state index contributed by atoms with van der Waals surface area (Å²) in [5.41, 5.74) is 5.06. The molecule has 2 atom stereocenters. The van der Waals surface area contributed by atoms with E-state index < -0.39 is 0 Å². The van der Waals surface area contributed by atoms with Gasteiger partial charge in [-0.25, -0.2) is 9.50 Å². The van der Waals surface area contributed by atoms with E-state index in [1.165, 1.54) is 5.69 Å². The van der Waals surface area contributed by atoms with Gasteiger partial charge in [0.25, 0.3) is 0 Å². The molecule has 6 heteroatoms. The number of aromatic nitrogens is 4. The molecular weight excluding hydrogens is 314 g/mol. The minimum absolute atomic E-state index is 0.117. The van der Waals surface area contributed by atoms with Crippen molar-refractivity contribution in [3.05, 3.63) is 59.3 Å². The van der Waals surface area contributed by atoms with Crippen molar-refractivity contribution < 1.29 is 4.79 Å². The van der Waals surface area contributed by atoms with Crippen LogP contribution in [0, 0.1) is 6.92 Å². The number of fused-ring (bicyclic) bond motifs is 6. The minimum atomic E-state index is 0.117. The minimum Gasteiger partial charge on any atom is -0.332 e. The summed E-state index contributed by atoms with van der Waals surface area (Å²) in [7, 11) is 0. The molecule has 0 spiro atoms. The van der Waals surface area contributed by atoms with E-state index in [-0.39, 0.29) is 18.0 Å². The highest BCUT2D eigenvalue weighted by Gasteiger charge is 2.43. The summed E-state index contributed by atoms with van der Waals surface area (Å²) < 4.78 is 1.97. The fourth-order valence-corrected chi connectivity index (χ4v) is 4.33. The third-order valence-electron chi connectivity index (χ3n) is 5.37. The number of carbonyl (C=O) groups excluding carboxylic acids is 1. The van der Waals surface area contributed by atoms with Crippen molar-refractivity contribution in [1.82, 2.24) is 24.5 Å². The molecule has 2 aliphatic heterocycles. The summed E-state index contributed by atoms with van der Waals surface area (Å²) in [5.74, 6) is 0.161. The average Bonchev–Trinajstić information content (AvgIpc) is 3.15. The number of carbonyl (C=O) groups is 1. The van der Waals surface area contributed by atoms with Crippen LogP contribution in [0.3, 0.4) is 0 Å². The van der Waals surface area contributed by atoms with Gasteiger partial charge in [0.2, 0.25) is 5.91 Å². The molecule has 0 aromatic carbocycles. The SMILES string of the molecule is Cc1cc2ncc3c(n2n1)C[C@H]1CC[C@H]3N1C(=O)Cc1ccccn1. The van der Waals surface area contributed by atoms with Gasteiger partial charge in [-0.15, -0.1) is 0 Å². The lowest BCUT2D eigenvalue weighted by Crippen LogP contribution is -2.43. The second-order valence-electron chi connectivity index (χ2n) is 6.97. The standard InChI is InChI=1S/C19H19N5O/c1-12-8-18-21-11-15-16-6-5-14(10-17(15)24(18)22-12)23(16)19(25)9-13-4-2-3-7-20-13/h2-4,7-8,11,14,16H,5-6,9-10H2,1H3/t14-,16-/m1/s1. The highest BCUT2D eigenvalue weighted by atomic mass is 16.2. The van der Waals surface area contributed by atoms with E-state index in [1.807, 2.05) is 41.9 Å². The van der Waals surface area contributed by atoms with Crippen LogP contribution < -0.4 is 0 Å². The van der Waals surface area contributed by atoms with Gasteiger partial charge in [0.1, 0.15) is 0 Å². The Morgan fingerprint density at radius 1 is 1.28 bits per heavy atom. The van der Waals surface area contributed by atoms with Gasteiger partial charge in [-0.3, -0.25) is 9.78 Å². The van der Waals surface area contributed by atoms with Crippen molar-refractivity contribution in [2.45, 2.75) is 44.7 Å². The lowest BCUT2D eigenvalue weighted by Gasteiger charge is -2.36. The Hall–Kier alpha value is -2.76. The third-order valence-corrected chi connectivity index (χ3v) is 5.37. The van der Waals surface area contributed by atoms with E-state index in [4.69, 9.17) is 0 Å². The zero-order valence-corrected chi connectivity index (χ0v) is 14.1. The highest BCUT2D eigenvalue weighted by Crippen LogP contribution is 2.43. The molecule has 0 saturated carbocycles. The lowest BCUT2D eigenvalue weighted by molar-refractivity contribution is -0.134. The Morgan fingerprint density at radius 3 is 3.04 bits per heavy atom. The molecule has 1 fully saturated rings. The van der Waals surface area contributed by atoms with Gasteiger partial charge < -0.3 is 4.90 Å². The number of hydrogen-bond donors (Lipinski definition) is 0. The molecule has 6 nitrogen and oxygen atoms in total. The first-order chi connectivity index (χ1) is 12.2. The summed E-state index contributed by atoms with van der Waals surface area (Å²) in [6, 6.07) is 8.08. The van der Waals surface area contributed by atoms with Gasteiger partial charge in [0.05, 0.1) is 23.9 Å².